The van der Waals surface area contributed by atoms with Crippen molar-refractivity contribution < 1.29 is 13.2 Å². The lowest BCUT2D eigenvalue weighted by atomic mass is 10.2. The third kappa shape index (κ3) is 4.58. The van der Waals surface area contributed by atoms with Gasteiger partial charge in [-0.1, -0.05) is 39.7 Å². The summed E-state index contributed by atoms with van der Waals surface area (Å²) in [6.45, 7) is 1.65. The van der Waals surface area contributed by atoms with E-state index in [1.165, 1.54) is 10.4 Å². The molecule has 2 heterocycles. The van der Waals surface area contributed by atoms with Crippen LogP contribution in [0.2, 0.25) is 4.34 Å². The first-order chi connectivity index (χ1) is 12.4. The van der Waals surface area contributed by atoms with E-state index in [0.717, 1.165) is 21.4 Å². The number of hydrogen-bond acceptors (Lipinski definition) is 4. The Kier molecular flexibility index (Phi) is 6.24. The van der Waals surface area contributed by atoms with Gasteiger partial charge in [0.1, 0.15) is 4.21 Å². The monoisotopic (exact) mass is 477 g/mol. The molecular weight excluding hydrogens is 462 g/mol. The van der Waals surface area contributed by atoms with Crippen LogP contribution in [0.4, 0.5) is 4.79 Å². The first-order valence-electron chi connectivity index (χ1n) is 7.89. The number of rotatable bonds is 4. The Morgan fingerprint density at radius 2 is 1.92 bits per heavy atom. The van der Waals surface area contributed by atoms with Crippen molar-refractivity contribution in [2.24, 2.45) is 0 Å². The van der Waals surface area contributed by atoms with E-state index in [-0.39, 0.29) is 23.3 Å². The molecule has 6 nitrogen and oxygen atoms in total. The molecule has 2 amide bonds. The van der Waals surface area contributed by atoms with Crippen molar-refractivity contribution in [1.29, 1.82) is 0 Å². The van der Waals surface area contributed by atoms with Crippen molar-refractivity contribution in [3.05, 3.63) is 50.8 Å². The van der Waals surface area contributed by atoms with Crippen molar-refractivity contribution in [3.63, 3.8) is 0 Å². The van der Waals surface area contributed by atoms with Gasteiger partial charge >= 0.3 is 6.03 Å². The molecule has 0 atom stereocenters. The molecule has 0 radical (unpaired) electrons. The number of urea groups is 1. The van der Waals surface area contributed by atoms with E-state index in [9.17, 15) is 13.2 Å². The predicted molar refractivity (Wildman–Crippen MR) is 106 cm³/mol. The van der Waals surface area contributed by atoms with E-state index in [1.807, 2.05) is 24.3 Å². The van der Waals surface area contributed by atoms with Crippen LogP contribution in [0.1, 0.15) is 5.56 Å². The second-order valence-electron chi connectivity index (χ2n) is 5.74. The van der Waals surface area contributed by atoms with Gasteiger partial charge in [0.15, 0.2) is 0 Å². The standard InChI is InChI=1S/C16H17BrClN3O3S2/c17-13-3-1-2-12(10-13)11-19-16(22)20-6-8-21(9-7-20)26(23,24)15-5-4-14(18)25-15/h1-5,10H,6-9,11H2,(H,19,22). The van der Waals surface area contributed by atoms with Gasteiger partial charge in [0.2, 0.25) is 0 Å². The minimum Gasteiger partial charge on any atom is -0.334 e. The van der Waals surface area contributed by atoms with Gasteiger partial charge in [-0.25, -0.2) is 13.2 Å². The molecule has 0 spiro atoms. The number of thiophene rings is 1. The predicted octanol–water partition coefficient (Wildman–Crippen LogP) is 3.38. The van der Waals surface area contributed by atoms with Crippen LogP contribution in [0, 0.1) is 0 Å². The van der Waals surface area contributed by atoms with Gasteiger partial charge in [-0.15, -0.1) is 11.3 Å². The van der Waals surface area contributed by atoms with Crippen LogP contribution < -0.4 is 5.32 Å². The van der Waals surface area contributed by atoms with Crippen LogP contribution in [0.25, 0.3) is 0 Å². The highest BCUT2D eigenvalue weighted by molar-refractivity contribution is 9.10. The number of nitrogens with one attached hydrogen (secondary N) is 1. The van der Waals surface area contributed by atoms with E-state index < -0.39 is 10.0 Å². The minimum absolute atomic E-state index is 0.193. The van der Waals surface area contributed by atoms with Crippen LogP contribution >= 0.6 is 38.9 Å². The molecule has 0 bridgehead atoms. The molecule has 1 aromatic heterocycles. The molecule has 2 aromatic rings. The summed E-state index contributed by atoms with van der Waals surface area (Å²) < 4.78 is 28.2. The summed E-state index contributed by atoms with van der Waals surface area (Å²) >= 11 is 10.3. The Balaban J connectivity index is 1.54. The van der Waals surface area contributed by atoms with Gasteiger partial charge in [0.05, 0.1) is 4.34 Å². The van der Waals surface area contributed by atoms with Gasteiger partial charge in [-0.3, -0.25) is 0 Å². The van der Waals surface area contributed by atoms with Gasteiger partial charge < -0.3 is 10.2 Å². The zero-order valence-electron chi connectivity index (χ0n) is 13.7. The number of benzene rings is 1. The quantitative estimate of drug-likeness (QED) is 0.732. The van der Waals surface area contributed by atoms with Crippen molar-refractivity contribution in [1.82, 2.24) is 14.5 Å². The number of amides is 2. The summed E-state index contributed by atoms with van der Waals surface area (Å²) in [4.78, 5) is 13.9. The third-order valence-electron chi connectivity index (χ3n) is 4.00. The lowest BCUT2D eigenvalue weighted by Crippen LogP contribution is -2.52. The highest BCUT2D eigenvalue weighted by atomic mass is 79.9. The zero-order valence-corrected chi connectivity index (χ0v) is 17.7. The Hall–Kier alpha value is -1.13. The molecule has 3 rings (SSSR count). The highest BCUT2D eigenvalue weighted by Crippen LogP contribution is 2.28. The molecule has 26 heavy (non-hydrogen) atoms. The van der Waals surface area contributed by atoms with Crippen LogP contribution in [0.15, 0.2) is 45.1 Å². The average molecular weight is 479 g/mol. The molecule has 1 aliphatic heterocycles. The van der Waals surface area contributed by atoms with Gasteiger partial charge in [0.25, 0.3) is 10.0 Å². The second kappa shape index (κ2) is 8.26. The summed E-state index contributed by atoms with van der Waals surface area (Å²) in [6.07, 6.45) is 0. The van der Waals surface area contributed by atoms with Crippen LogP contribution in [-0.2, 0) is 16.6 Å². The number of halogens is 2. The topological polar surface area (TPSA) is 69.7 Å². The fourth-order valence-electron chi connectivity index (χ4n) is 2.63. The Morgan fingerprint density at radius 3 is 2.54 bits per heavy atom. The van der Waals surface area contributed by atoms with Crippen molar-refractivity contribution >= 4 is 54.9 Å². The van der Waals surface area contributed by atoms with Gasteiger partial charge in [-0.05, 0) is 29.8 Å². The molecule has 140 valence electrons. The molecule has 10 heteroatoms. The van der Waals surface area contributed by atoms with Crippen LogP contribution in [-0.4, -0.2) is 49.8 Å². The average Bonchev–Trinajstić information content (AvgIpc) is 3.07. The number of nitrogens with zero attached hydrogens (tertiary/aromatic N) is 2. The molecule has 1 saturated heterocycles. The van der Waals surface area contributed by atoms with Crippen molar-refractivity contribution in [3.8, 4) is 0 Å². The Bertz CT molecular complexity index is 896. The molecule has 1 aliphatic rings. The van der Waals surface area contributed by atoms with E-state index in [1.54, 1.807) is 11.0 Å². The molecule has 0 saturated carbocycles. The maximum atomic E-state index is 12.6. The van der Waals surface area contributed by atoms with Crippen LogP contribution in [0.5, 0.6) is 0 Å². The lowest BCUT2D eigenvalue weighted by molar-refractivity contribution is 0.172. The number of hydrogen-bond donors (Lipinski definition) is 1. The fourth-order valence-corrected chi connectivity index (χ4v) is 6.14. The van der Waals surface area contributed by atoms with E-state index in [4.69, 9.17) is 11.6 Å². The normalized spacial score (nSPS) is 15.8. The van der Waals surface area contributed by atoms with Gasteiger partial charge in [0, 0.05) is 37.2 Å². The summed E-state index contributed by atoms with van der Waals surface area (Å²) in [6, 6.07) is 10.6. The maximum absolute atomic E-state index is 12.6. The molecule has 0 unspecified atom stereocenters. The first kappa shape index (κ1) is 19.6. The number of piperazine rings is 1. The molecule has 0 aliphatic carbocycles. The van der Waals surface area contributed by atoms with Gasteiger partial charge in [-0.2, -0.15) is 4.31 Å². The molecular formula is C16H17BrClN3O3S2. The molecule has 1 fully saturated rings. The molecule has 1 aromatic carbocycles. The summed E-state index contributed by atoms with van der Waals surface area (Å²) in [7, 11) is -3.55. The Labute approximate surface area is 169 Å². The zero-order chi connectivity index (χ0) is 18.7. The lowest BCUT2D eigenvalue weighted by Gasteiger charge is -2.33. The number of carbonyl (C=O) groups excluding carboxylic acids is 1. The Morgan fingerprint density at radius 1 is 1.19 bits per heavy atom. The third-order valence-corrected chi connectivity index (χ3v) is 8.09. The SMILES string of the molecule is O=C(NCc1cccc(Br)c1)N1CCN(S(=O)(=O)c2ccc(Cl)s2)CC1. The van der Waals surface area contributed by atoms with Crippen molar-refractivity contribution in [2.75, 3.05) is 26.2 Å². The summed E-state index contributed by atoms with van der Waals surface area (Å²) in [5, 5.41) is 2.87. The smallest absolute Gasteiger partial charge is 0.317 e. The van der Waals surface area contributed by atoms with E-state index >= 15 is 0 Å². The highest BCUT2D eigenvalue weighted by Gasteiger charge is 2.31. The number of sulfonamides is 1. The summed E-state index contributed by atoms with van der Waals surface area (Å²) in [5.74, 6) is 0. The fraction of sp³-hybridized carbons (Fsp3) is 0.312. The first-order valence-corrected chi connectivity index (χ1v) is 11.3. The van der Waals surface area contributed by atoms with Crippen LogP contribution in [0.3, 0.4) is 0 Å². The second-order valence-corrected chi connectivity index (χ2v) is 10.5. The minimum atomic E-state index is -3.55. The maximum Gasteiger partial charge on any atom is 0.317 e. The van der Waals surface area contributed by atoms with E-state index in [0.29, 0.717) is 24.0 Å². The summed E-state index contributed by atoms with van der Waals surface area (Å²) in [5.41, 5.74) is 0.989. The van der Waals surface area contributed by atoms with Crippen molar-refractivity contribution in [2.45, 2.75) is 10.8 Å². The largest absolute Gasteiger partial charge is 0.334 e. The molecule has 1 N–H and O–H groups in total. The number of carbonyl (C=O) groups is 1. The van der Waals surface area contributed by atoms with E-state index in [2.05, 4.69) is 21.2 Å².